The number of carboxylic acids is 2. The van der Waals surface area contributed by atoms with Crippen LogP contribution in [0, 0.1) is 23.7 Å². The van der Waals surface area contributed by atoms with Crippen LogP contribution < -0.4 is 107 Å². The number of carbonyl (C=O) groups excluding carboxylic acids is 19. The minimum atomic E-state index is -1.91. The highest BCUT2D eigenvalue weighted by atomic mass is 16.4. The van der Waals surface area contributed by atoms with E-state index in [2.05, 4.69) is 106 Å². The summed E-state index contributed by atoms with van der Waals surface area (Å²) in [6.45, 7) is 14.9. The zero-order valence-electron chi connectivity index (χ0n) is 82.6. The number of hydrogen-bond donors (Lipinski definition) is 30. The summed E-state index contributed by atoms with van der Waals surface area (Å²) in [6.07, 6.45) is -5.34. The molecule has 0 aliphatic carbocycles. The number of H-pyrrole nitrogens is 1. The first kappa shape index (κ1) is 122. The Bertz CT molecular complexity index is 5100. The van der Waals surface area contributed by atoms with Crippen molar-refractivity contribution >= 4 is 135 Å². The average Bonchev–Trinajstić information content (AvgIpc) is 1.67. The fourth-order valence-electron chi connectivity index (χ4n) is 14.2. The third-order valence-corrected chi connectivity index (χ3v) is 23.3. The molecule has 0 saturated carbocycles. The van der Waals surface area contributed by atoms with Crippen LogP contribution in [0.2, 0.25) is 0 Å². The first-order chi connectivity index (χ1) is 67.7. The monoisotopic (exact) mass is 2030 g/mol. The van der Waals surface area contributed by atoms with Gasteiger partial charge in [0.1, 0.15) is 108 Å². The Hall–Kier alpha value is -14.6. The summed E-state index contributed by atoms with van der Waals surface area (Å²) >= 11 is 0. The first-order valence-electron chi connectivity index (χ1n) is 46.9. The van der Waals surface area contributed by atoms with Crippen LogP contribution in [0.25, 0.3) is 10.9 Å². The van der Waals surface area contributed by atoms with Gasteiger partial charge in [-0.2, -0.15) is 0 Å². The lowest BCUT2D eigenvalue weighted by molar-refractivity contribution is -0.143. The second-order valence-corrected chi connectivity index (χ2v) is 35.6. The molecule has 3 aromatic carbocycles. The molecule has 51 nitrogen and oxygen atoms in total. The van der Waals surface area contributed by atoms with Crippen LogP contribution in [0.15, 0.2) is 79.0 Å². The molecule has 144 heavy (non-hydrogen) atoms. The number of nitrogens with one attached hydrogen (secondary N) is 20. The number of aromatic nitrogens is 1. The topological polar surface area (TPSA) is 811 Å². The number of amides is 19. The number of phenolic OH excluding ortho intramolecular Hbond substituents is 2. The lowest BCUT2D eigenvalue weighted by Crippen LogP contribution is -2.62. The zero-order valence-corrected chi connectivity index (χ0v) is 82.6. The minimum Gasteiger partial charge on any atom is -0.508 e. The largest absolute Gasteiger partial charge is 0.508 e. The number of phenols is 2. The van der Waals surface area contributed by atoms with Gasteiger partial charge in [-0.15, -0.1) is 0 Å². The Balaban J connectivity index is 1.43. The van der Waals surface area contributed by atoms with E-state index in [4.69, 9.17) is 5.73 Å². The number of fused-ring (bicyclic) bond motifs is 1. The van der Waals surface area contributed by atoms with Crippen molar-refractivity contribution in [1.29, 1.82) is 0 Å². The molecule has 31 N–H and O–H groups in total. The van der Waals surface area contributed by atoms with Crippen LogP contribution in [0.1, 0.15) is 152 Å². The van der Waals surface area contributed by atoms with Crippen molar-refractivity contribution in [2.45, 2.75) is 270 Å². The molecule has 4 rings (SSSR count). The molecule has 0 saturated heterocycles. The van der Waals surface area contributed by atoms with E-state index < -0.39 is 309 Å². The Morgan fingerprint density at radius 1 is 0.333 bits per heavy atom. The number of aromatic amines is 1. The van der Waals surface area contributed by atoms with Crippen molar-refractivity contribution < 1.29 is 147 Å². The predicted molar refractivity (Wildman–Crippen MR) is 513 cm³/mol. The molecule has 22 atom stereocenters. The third-order valence-electron chi connectivity index (χ3n) is 23.3. The Labute approximate surface area is 829 Å². The maximum atomic E-state index is 14.8. The minimum absolute atomic E-state index is 0.0599. The van der Waals surface area contributed by atoms with Crippen molar-refractivity contribution in [2.75, 3.05) is 39.4 Å². The molecule has 0 spiro atoms. The molecule has 1 heterocycles. The fourth-order valence-corrected chi connectivity index (χ4v) is 14.2. The van der Waals surface area contributed by atoms with Crippen LogP contribution >= 0.6 is 0 Å². The Kier molecular flexibility index (Phi) is 50.7. The van der Waals surface area contributed by atoms with Crippen molar-refractivity contribution in [3.05, 3.63) is 95.7 Å². The molecule has 0 bridgehead atoms. The molecular weight excluding hydrogens is 1890 g/mol. The molecule has 19 amide bonds. The summed E-state index contributed by atoms with van der Waals surface area (Å²) < 4.78 is 0. The average molecular weight is 2030 g/mol. The molecule has 1 aromatic heterocycles. The molecule has 0 aliphatic heterocycles. The van der Waals surface area contributed by atoms with Gasteiger partial charge in [-0.25, -0.2) is 4.79 Å². The maximum Gasteiger partial charge on any atom is 0.328 e. The van der Waals surface area contributed by atoms with Crippen LogP contribution in [0.5, 0.6) is 11.5 Å². The van der Waals surface area contributed by atoms with Gasteiger partial charge in [0.2, 0.25) is 112 Å². The number of carboxylic acid groups (broad SMARTS) is 2. The molecule has 0 fully saturated rings. The van der Waals surface area contributed by atoms with Crippen molar-refractivity contribution in [2.24, 2.45) is 29.4 Å². The van der Waals surface area contributed by atoms with Crippen molar-refractivity contribution in [1.82, 2.24) is 106 Å². The Morgan fingerprint density at radius 2 is 0.667 bits per heavy atom. The lowest BCUT2D eigenvalue weighted by Gasteiger charge is -2.29. The number of carbonyl (C=O) groups is 21. The summed E-state index contributed by atoms with van der Waals surface area (Å²) in [6, 6.07) is -8.36. The molecular formula is C93H139N21O30. The van der Waals surface area contributed by atoms with Gasteiger partial charge in [-0.3, -0.25) is 95.9 Å². The van der Waals surface area contributed by atoms with E-state index in [9.17, 15) is 147 Å². The normalized spacial score (nSPS) is 15.8. The number of hydrogen-bond acceptors (Lipinski definition) is 29. The SMILES string of the molecule is CC[C@H](C)[C@H](NC(=O)CNC(=O)[C@@H](NC(=O)[C@H](C)NC(=O)[C@@H](NC(=O)[C@@H](NC(=O)[C@H](C)NC(=O)CNC(=O)[C@@H](NC(=O)[C@H](Cc1c[nH]c2ccccc12)NC(=O)[C@H](CCC(=O)O)NC(=O)[C@H](CC(C)C)NC(=O)CNC(=O)[C@H](CO)NC(=O)CN)[C@@H](C)CC)[C@@H](C)CC)[C@@H](C)O)[C@@H](C)O)C(=O)N[C@H](C(=O)N[C@@H](Cc1ccc(O)cc1)C(=O)N[C@@H](Cc1ccc(O)cc1)C(=O)N[C@@H](C)C(=O)N[C@@H](CO)C(=O)O)[C@@H](C)O. The van der Waals surface area contributed by atoms with E-state index in [-0.39, 0.29) is 62.4 Å². The summed E-state index contributed by atoms with van der Waals surface area (Å²) in [7, 11) is 0. The van der Waals surface area contributed by atoms with Gasteiger partial charge in [-0.1, -0.05) is 117 Å². The van der Waals surface area contributed by atoms with E-state index in [0.717, 1.165) is 27.7 Å². The van der Waals surface area contributed by atoms with Gasteiger partial charge in [0.05, 0.1) is 57.7 Å². The smallest absolute Gasteiger partial charge is 0.328 e. The molecule has 0 radical (unpaired) electrons. The van der Waals surface area contributed by atoms with Gasteiger partial charge >= 0.3 is 11.9 Å². The number of nitrogens with two attached hydrogens (primary N) is 1. The summed E-state index contributed by atoms with van der Waals surface area (Å²) in [5.41, 5.74) is 7.05. The number of para-hydroxylation sites is 1. The van der Waals surface area contributed by atoms with Gasteiger partial charge in [-0.05, 0) is 125 Å². The van der Waals surface area contributed by atoms with Crippen LogP contribution in [-0.2, 0) is 120 Å². The van der Waals surface area contributed by atoms with E-state index in [1.807, 2.05) is 0 Å². The molecule has 796 valence electrons. The number of aromatic hydroxyl groups is 2. The second-order valence-electron chi connectivity index (χ2n) is 35.6. The summed E-state index contributed by atoms with van der Waals surface area (Å²) in [5, 5.41) is 137. The number of aliphatic hydroxyl groups excluding tert-OH is 5. The quantitative estimate of drug-likeness (QED) is 0.0195. The lowest BCUT2D eigenvalue weighted by atomic mass is 9.96. The highest BCUT2D eigenvalue weighted by molar-refractivity contribution is 6.02. The summed E-state index contributed by atoms with van der Waals surface area (Å²) in [4.78, 5) is 289. The fraction of sp³-hybridized carbons (Fsp3) is 0.559. The second kappa shape index (κ2) is 60.0. The van der Waals surface area contributed by atoms with Crippen LogP contribution in [0.3, 0.4) is 0 Å². The molecule has 4 aromatic rings. The van der Waals surface area contributed by atoms with E-state index in [0.29, 0.717) is 27.6 Å². The maximum absolute atomic E-state index is 14.8. The molecule has 51 heteroatoms. The summed E-state index contributed by atoms with van der Waals surface area (Å²) in [5.74, 6) is -25.4. The van der Waals surface area contributed by atoms with Crippen LogP contribution in [-0.4, -0.2) is 329 Å². The Morgan fingerprint density at radius 3 is 1.12 bits per heavy atom. The standard InChI is InChI=1S/C93H139N21O30/c1-15-44(6)72(111-86(136)64(35-55-37-95-59-21-19-18-20-58(55)59)106-82(132)60(30-31-71(126)127)104-84(134)61(32-43(4)5)102-69(124)39-96-81(131)65(41-115)103-67(122)36-94)87(137)97-38-68(123)99-47(9)79(129)110-74(46(8)17-3)90(140)113-76(51(13)118)91(141)101-49(11)80(130)112-75(50(12)117)88(138)98-40-70(125)109-73(45(7)16-2)89(139)114-77(52(14)119)92(142)107-63(34-54-24-28-57(121)29-25-54)85(135)105-62(33-53-22-26-56(120)27-23-53)83(133)100-48(10)78(128)108-66(42-116)93(143)144/h18-29,37,43-52,60-66,72-77,95,115-121H,15-17,30-36,38-42,94H2,1-14H3,(H,96,131)(H,97,137)(H,98,138)(H,99,123)(H,100,133)(H,101,141)(H,102,124)(H,103,122)(H,104,134)(H,105,135)(H,106,132)(H,107,142)(H,108,128)(H,109,125)(H,110,129)(H,111,136)(H,112,130)(H,113,140)(H,114,139)(H,126,127)(H,143,144)/t44-,45-,46-,47-,48-,49-,50+,51+,52+,60-,61-,62-,63-,64-,65-,66-,72-,73-,74-,75-,76-,77-/m0/s1. The molecule has 0 unspecified atom stereocenters. The number of aliphatic hydroxyl groups is 5. The first-order valence-corrected chi connectivity index (χ1v) is 46.9. The van der Waals surface area contributed by atoms with E-state index >= 15 is 0 Å². The number of benzene rings is 3. The number of aliphatic carboxylic acids is 2. The van der Waals surface area contributed by atoms with Gasteiger partial charge in [0.15, 0.2) is 0 Å². The van der Waals surface area contributed by atoms with Crippen molar-refractivity contribution in [3.8, 4) is 11.5 Å². The third kappa shape index (κ3) is 40.1. The van der Waals surface area contributed by atoms with E-state index in [1.165, 1.54) is 69.3 Å². The highest BCUT2D eigenvalue weighted by Gasteiger charge is 2.41. The van der Waals surface area contributed by atoms with Gasteiger partial charge < -0.3 is 158 Å². The van der Waals surface area contributed by atoms with Gasteiger partial charge in [0, 0.05) is 42.8 Å². The predicted octanol–water partition coefficient (Wildman–Crippen LogP) is -8.01. The van der Waals surface area contributed by atoms with E-state index in [1.54, 1.807) is 78.9 Å². The van der Waals surface area contributed by atoms with Crippen molar-refractivity contribution in [3.63, 3.8) is 0 Å². The molecule has 0 aliphatic rings. The van der Waals surface area contributed by atoms with Crippen LogP contribution in [0.4, 0.5) is 0 Å². The van der Waals surface area contributed by atoms with Gasteiger partial charge in [0.25, 0.3) is 0 Å². The number of rotatable bonds is 61. The zero-order chi connectivity index (χ0) is 108. The highest BCUT2D eigenvalue weighted by Crippen LogP contribution is 2.23.